The highest BCUT2D eigenvalue weighted by Crippen LogP contribution is 2.41. The predicted octanol–water partition coefficient (Wildman–Crippen LogP) is 0.990. The Kier molecular flexibility index (Phi) is 7.59. The topological polar surface area (TPSA) is 128 Å². The molecule has 0 fully saturated rings. The van der Waals surface area contributed by atoms with Gasteiger partial charge in [0.25, 0.3) is 0 Å². The van der Waals surface area contributed by atoms with Gasteiger partial charge in [0.2, 0.25) is 0 Å². The summed E-state index contributed by atoms with van der Waals surface area (Å²) in [5, 5.41) is 2.34. The number of benzene rings is 1. The molecule has 0 aliphatic rings. The first-order valence-electron chi connectivity index (χ1n) is 6.62. The third-order valence-electron chi connectivity index (χ3n) is 2.47. The van der Waals surface area contributed by atoms with Gasteiger partial charge in [-0.15, -0.1) is 0 Å². The van der Waals surface area contributed by atoms with Crippen molar-refractivity contribution in [2.24, 2.45) is 5.73 Å². The number of carbonyl (C=O) groups is 2. The van der Waals surface area contributed by atoms with Crippen molar-refractivity contribution in [2.45, 2.75) is 13.0 Å². The van der Waals surface area contributed by atoms with Gasteiger partial charge in [-0.05, 0) is 5.56 Å². The number of hydrogen-bond donors (Lipinski definition) is 3. The van der Waals surface area contributed by atoms with Gasteiger partial charge in [0, 0.05) is 13.1 Å². The van der Waals surface area contributed by atoms with Crippen molar-refractivity contribution in [3.05, 3.63) is 35.9 Å². The summed E-state index contributed by atoms with van der Waals surface area (Å²) in [7, 11) is -3.98. The maximum absolute atomic E-state index is 11.4. The molecule has 1 rings (SSSR count). The van der Waals surface area contributed by atoms with E-state index in [1.165, 1.54) is 0 Å². The Labute approximate surface area is 128 Å². The molecule has 22 heavy (non-hydrogen) atoms. The zero-order valence-electron chi connectivity index (χ0n) is 11.9. The molecule has 0 aromatic heterocycles. The van der Waals surface area contributed by atoms with Gasteiger partial charge in [-0.2, -0.15) is 0 Å². The number of carbonyl (C=O) groups excluding carboxylic acids is 2. The van der Waals surface area contributed by atoms with Gasteiger partial charge in [-0.25, -0.2) is 9.36 Å². The van der Waals surface area contributed by atoms with Gasteiger partial charge in [0.05, 0.1) is 12.6 Å². The fourth-order valence-electron chi connectivity index (χ4n) is 1.45. The Morgan fingerprint density at radius 1 is 1.27 bits per heavy atom. The van der Waals surface area contributed by atoms with E-state index in [0.717, 1.165) is 5.56 Å². The number of ether oxygens (including phenoxy) is 1. The van der Waals surface area contributed by atoms with Gasteiger partial charge in [0.15, 0.2) is 0 Å². The molecule has 0 saturated carbocycles. The highest BCUT2D eigenvalue weighted by molar-refractivity contribution is 7.53. The summed E-state index contributed by atoms with van der Waals surface area (Å²) in [5.74, 6) is -0.886. The second kappa shape index (κ2) is 9.19. The normalized spacial score (nSPS) is 13.0. The monoisotopic (exact) mass is 330 g/mol. The number of amides is 1. The van der Waals surface area contributed by atoms with Crippen molar-refractivity contribution in [1.29, 1.82) is 0 Å². The predicted molar refractivity (Wildman–Crippen MR) is 79.1 cm³/mol. The van der Waals surface area contributed by atoms with Crippen LogP contribution in [-0.2, 0) is 25.2 Å². The first-order valence-corrected chi connectivity index (χ1v) is 8.38. The SMILES string of the molecule is NCCP(=O)(O)OC(=O)CCNC(=O)OCc1ccccc1. The van der Waals surface area contributed by atoms with E-state index < -0.39 is 19.7 Å². The van der Waals surface area contributed by atoms with Crippen LogP contribution in [0.25, 0.3) is 0 Å². The first-order chi connectivity index (χ1) is 10.4. The molecule has 0 aliphatic heterocycles. The van der Waals surface area contributed by atoms with E-state index in [0.29, 0.717) is 0 Å². The Bertz CT molecular complexity index is 537. The molecule has 4 N–H and O–H groups in total. The van der Waals surface area contributed by atoms with Crippen molar-refractivity contribution in [3.8, 4) is 0 Å². The average molecular weight is 330 g/mol. The van der Waals surface area contributed by atoms with E-state index in [4.69, 9.17) is 10.5 Å². The molecule has 0 radical (unpaired) electrons. The summed E-state index contributed by atoms with van der Waals surface area (Å²) in [6.07, 6.45) is -1.23. The van der Waals surface area contributed by atoms with Crippen LogP contribution < -0.4 is 11.1 Å². The average Bonchev–Trinajstić information content (AvgIpc) is 2.45. The minimum atomic E-state index is -3.98. The lowest BCUT2D eigenvalue weighted by molar-refractivity contribution is -0.134. The number of nitrogens with two attached hydrogens (primary N) is 1. The summed E-state index contributed by atoms with van der Waals surface area (Å²) < 4.78 is 20.6. The molecule has 9 heteroatoms. The molecule has 0 aliphatic carbocycles. The summed E-state index contributed by atoms with van der Waals surface area (Å²) in [4.78, 5) is 31.9. The second-order valence-electron chi connectivity index (χ2n) is 4.35. The Hall–Kier alpha value is -1.89. The zero-order chi connectivity index (χ0) is 16.4. The Balaban J connectivity index is 2.19. The van der Waals surface area contributed by atoms with Crippen LogP contribution in [0.15, 0.2) is 30.3 Å². The molecule has 122 valence electrons. The van der Waals surface area contributed by atoms with Crippen LogP contribution in [0.5, 0.6) is 0 Å². The third kappa shape index (κ3) is 7.78. The van der Waals surface area contributed by atoms with E-state index in [9.17, 15) is 19.0 Å². The number of hydrogen-bond acceptors (Lipinski definition) is 6. The third-order valence-corrected chi connectivity index (χ3v) is 3.78. The maximum atomic E-state index is 11.4. The molecule has 1 aromatic carbocycles. The lowest BCUT2D eigenvalue weighted by atomic mass is 10.2. The molecule has 0 bridgehead atoms. The van der Waals surface area contributed by atoms with Gasteiger partial charge >= 0.3 is 19.7 Å². The van der Waals surface area contributed by atoms with Crippen molar-refractivity contribution in [3.63, 3.8) is 0 Å². The highest BCUT2D eigenvalue weighted by Gasteiger charge is 2.22. The molecule has 0 saturated heterocycles. The Morgan fingerprint density at radius 3 is 2.59 bits per heavy atom. The Morgan fingerprint density at radius 2 is 1.95 bits per heavy atom. The number of alkyl carbamates (subject to hydrolysis) is 1. The lowest BCUT2D eigenvalue weighted by Crippen LogP contribution is -2.27. The van der Waals surface area contributed by atoms with E-state index in [1.54, 1.807) is 12.1 Å². The molecule has 1 atom stereocenters. The fourth-order valence-corrected chi connectivity index (χ4v) is 2.28. The summed E-state index contributed by atoms with van der Waals surface area (Å²) in [5.41, 5.74) is 5.95. The quantitative estimate of drug-likeness (QED) is 0.606. The molecule has 1 aromatic rings. The van der Waals surface area contributed by atoms with Crippen molar-refractivity contribution in [1.82, 2.24) is 5.32 Å². The molecule has 1 amide bonds. The van der Waals surface area contributed by atoms with Crippen molar-refractivity contribution >= 4 is 19.7 Å². The number of nitrogens with one attached hydrogen (secondary N) is 1. The molecular weight excluding hydrogens is 311 g/mol. The smallest absolute Gasteiger partial charge is 0.407 e. The standard InChI is InChI=1S/C13H19N2O6P/c14-7-9-22(18,19)21-12(16)6-8-15-13(17)20-10-11-4-2-1-3-5-11/h1-5H,6-10,14H2,(H,15,17)(H,18,19). The molecular formula is C13H19N2O6P. The zero-order valence-corrected chi connectivity index (χ0v) is 12.8. The number of rotatable bonds is 8. The summed E-state index contributed by atoms with van der Waals surface area (Å²) in [6.45, 7) is -0.0142. The molecule has 1 unspecified atom stereocenters. The molecule has 8 nitrogen and oxygen atoms in total. The minimum Gasteiger partial charge on any atom is -0.445 e. The first kappa shape index (κ1) is 18.2. The van der Waals surface area contributed by atoms with E-state index in [2.05, 4.69) is 9.84 Å². The van der Waals surface area contributed by atoms with E-state index in [-0.39, 0.29) is 32.3 Å². The summed E-state index contributed by atoms with van der Waals surface area (Å²) >= 11 is 0. The molecule has 0 spiro atoms. The molecule has 0 heterocycles. The van der Waals surface area contributed by atoms with Crippen LogP contribution in [0.2, 0.25) is 0 Å². The van der Waals surface area contributed by atoms with Crippen molar-refractivity contribution in [2.75, 3.05) is 19.3 Å². The fraction of sp³-hybridized carbons (Fsp3) is 0.385. The van der Waals surface area contributed by atoms with Crippen LogP contribution in [-0.4, -0.2) is 36.2 Å². The van der Waals surface area contributed by atoms with Crippen LogP contribution in [0.4, 0.5) is 4.79 Å². The van der Waals surface area contributed by atoms with Gasteiger partial charge in [0.1, 0.15) is 6.61 Å². The van der Waals surface area contributed by atoms with Crippen LogP contribution in [0, 0.1) is 0 Å². The highest BCUT2D eigenvalue weighted by atomic mass is 31.2. The van der Waals surface area contributed by atoms with Gasteiger partial charge in [-0.1, -0.05) is 30.3 Å². The van der Waals surface area contributed by atoms with Crippen molar-refractivity contribution < 1.29 is 28.3 Å². The van der Waals surface area contributed by atoms with Crippen LogP contribution >= 0.6 is 7.60 Å². The minimum absolute atomic E-state index is 0.0604. The van der Waals surface area contributed by atoms with Crippen LogP contribution in [0.1, 0.15) is 12.0 Å². The summed E-state index contributed by atoms with van der Waals surface area (Å²) in [6, 6.07) is 9.10. The van der Waals surface area contributed by atoms with Crippen LogP contribution in [0.3, 0.4) is 0 Å². The lowest BCUT2D eigenvalue weighted by Gasteiger charge is -2.11. The second-order valence-corrected chi connectivity index (χ2v) is 6.26. The van der Waals surface area contributed by atoms with Gasteiger partial charge < -0.3 is 25.2 Å². The van der Waals surface area contributed by atoms with Gasteiger partial charge in [-0.3, -0.25) is 4.79 Å². The van der Waals surface area contributed by atoms with E-state index in [1.807, 2.05) is 18.2 Å². The van der Waals surface area contributed by atoms with E-state index >= 15 is 0 Å². The largest absolute Gasteiger partial charge is 0.445 e. The maximum Gasteiger partial charge on any atom is 0.407 e.